The highest BCUT2D eigenvalue weighted by Gasteiger charge is 2.53. The monoisotopic (exact) mass is 514 g/mol. The molecule has 2 aromatic heterocycles. The number of aromatic amines is 1. The van der Waals surface area contributed by atoms with Crippen molar-refractivity contribution in [1.82, 2.24) is 14.6 Å². The van der Waals surface area contributed by atoms with Crippen LogP contribution in [0.4, 0.5) is 0 Å². The summed E-state index contributed by atoms with van der Waals surface area (Å²) in [6.07, 6.45) is 7.41. The molecule has 0 radical (unpaired) electrons. The van der Waals surface area contributed by atoms with Crippen LogP contribution in [0.15, 0.2) is 53.3 Å². The Hall–Kier alpha value is -3.07. The van der Waals surface area contributed by atoms with Crippen molar-refractivity contribution in [2.75, 3.05) is 0 Å². The fourth-order valence-corrected chi connectivity index (χ4v) is 8.15. The summed E-state index contributed by atoms with van der Waals surface area (Å²) in [5.74, 6) is 2.24. The van der Waals surface area contributed by atoms with Gasteiger partial charge in [-0.2, -0.15) is 5.26 Å². The van der Waals surface area contributed by atoms with Crippen LogP contribution in [0, 0.1) is 29.1 Å². The van der Waals surface area contributed by atoms with Gasteiger partial charge in [0.05, 0.1) is 28.0 Å². The Morgan fingerprint density at radius 3 is 2.25 bits per heavy atom. The molecule has 4 aliphatic rings. The number of aromatic nitrogens is 3. The first kappa shape index (κ1) is 22.2. The molecule has 0 aliphatic heterocycles. The van der Waals surface area contributed by atoms with Gasteiger partial charge in [0.15, 0.2) is 5.65 Å². The van der Waals surface area contributed by atoms with E-state index in [0.717, 1.165) is 59.4 Å². The van der Waals surface area contributed by atoms with Gasteiger partial charge in [0.25, 0.3) is 5.56 Å². The molecule has 4 aliphatic carbocycles. The van der Waals surface area contributed by atoms with Crippen LogP contribution < -0.4 is 5.56 Å². The summed E-state index contributed by atoms with van der Waals surface area (Å²) in [5, 5.41) is 13.8. The van der Waals surface area contributed by atoms with Gasteiger partial charge in [-0.3, -0.25) is 9.89 Å². The number of benzene rings is 2. The van der Waals surface area contributed by atoms with Gasteiger partial charge in [-0.05, 0) is 80.5 Å². The summed E-state index contributed by atoms with van der Waals surface area (Å²) < 4.78 is 1.58. The normalized spacial score (nSPS) is 26.4. The van der Waals surface area contributed by atoms with Crippen LogP contribution in [-0.4, -0.2) is 14.6 Å². The van der Waals surface area contributed by atoms with E-state index in [2.05, 4.69) is 11.2 Å². The minimum atomic E-state index is -0.165. The smallest absolute Gasteiger partial charge is 0.273 e. The van der Waals surface area contributed by atoms with Crippen LogP contribution >= 0.6 is 23.2 Å². The highest BCUT2D eigenvalue weighted by atomic mass is 35.5. The Bertz CT molecular complexity index is 1590. The molecule has 4 aromatic rings. The number of halogens is 2. The molecule has 0 amide bonds. The number of rotatable bonds is 3. The first-order valence-corrected chi connectivity index (χ1v) is 13.3. The Morgan fingerprint density at radius 1 is 0.972 bits per heavy atom. The second kappa shape index (κ2) is 7.96. The zero-order valence-corrected chi connectivity index (χ0v) is 21.1. The van der Waals surface area contributed by atoms with Crippen molar-refractivity contribution in [2.24, 2.45) is 17.8 Å². The van der Waals surface area contributed by atoms with Crippen molar-refractivity contribution >= 4 is 28.8 Å². The molecule has 180 valence electrons. The summed E-state index contributed by atoms with van der Waals surface area (Å²) >= 11 is 13.0. The van der Waals surface area contributed by atoms with E-state index in [-0.39, 0.29) is 11.0 Å². The second-order valence-electron chi connectivity index (χ2n) is 11.0. The van der Waals surface area contributed by atoms with E-state index >= 15 is 0 Å². The predicted octanol–water partition coefficient (Wildman–Crippen LogP) is 7.00. The third kappa shape index (κ3) is 3.35. The SMILES string of the molecule is N#Cc1ccc(-c2cc(=O)n3[nH]c(C45CC6CC(CC(C6)C4)C5)c(-c4ccc(Cl)cc4Cl)c3n2)cc1. The lowest BCUT2D eigenvalue weighted by Gasteiger charge is -2.56. The Morgan fingerprint density at radius 2 is 1.64 bits per heavy atom. The number of nitriles is 1. The van der Waals surface area contributed by atoms with Crippen LogP contribution in [0.25, 0.3) is 28.0 Å². The third-order valence-corrected chi connectivity index (χ3v) is 9.24. The zero-order valence-electron chi connectivity index (χ0n) is 19.6. The van der Waals surface area contributed by atoms with Crippen molar-refractivity contribution in [3.05, 3.63) is 80.2 Å². The molecule has 0 unspecified atom stereocenters. The largest absolute Gasteiger partial charge is 0.292 e. The molecule has 8 rings (SSSR count). The van der Waals surface area contributed by atoms with Gasteiger partial charge in [0.2, 0.25) is 0 Å². The number of fused-ring (bicyclic) bond motifs is 1. The van der Waals surface area contributed by atoms with E-state index in [1.807, 2.05) is 24.3 Å². The van der Waals surface area contributed by atoms with E-state index in [0.29, 0.717) is 26.9 Å². The highest BCUT2D eigenvalue weighted by molar-refractivity contribution is 6.36. The van der Waals surface area contributed by atoms with Crippen molar-refractivity contribution in [2.45, 2.75) is 43.9 Å². The minimum Gasteiger partial charge on any atom is -0.292 e. The van der Waals surface area contributed by atoms with Gasteiger partial charge in [0, 0.05) is 33.2 Å². The molecule has 2 aromatic carbocycles. The number of nitrogens with zero attached hydrogens (tertiary/aromatic N) is 3. The maximum absolute atomic E-state index is 13.4. The number of hydrogen-bond donors (Lipinski definition) is 1. The van der Waals surface area contributed by atoms with Crippen molar-refractivity contribution in [3.63, 3.8) is 0 Å². The standard InChI is InChI=1S/C29H24Cl2N4O/c30-21-5-6-22(23(31)10-21)26-27(29-12-17-7-18(13-29)9-19(8-17)14-29)34-35-25(36)11-24(33-28(26)35)20-3-1-16(15-32)2-4-20/h1-6,10-11,17-19,34H,7-9,12-14H2. The van der Waals surface area contributed by atoms with Gasteiger partial charge >= 0.3 is 0 Å². The molecule has 1 N–H and O–H groups in total. The highest BCUT2D eigenvalue weighted by Crippen LogP contribution is 2.61. The van der Waals surface area contributed by atoms with Crippen LogP contribution in [0.5, 0.6) is 0 Å². The fraction of sp³-hybridized carbons (Fsp3) is 0.345. The molecule has 0 saturated heterocycles. The summed E-state index contributed by atoms with van der Waals surface area (Å²) in [7, 11) is 0. The molecule has 2 heterocycles. The van der Waals surface area contributed by atoms with E-state index in [4.69, 9.17) is 33.4 Å². The number of hydrogen-bond acceptors (Lipinski definition) is 3. The molecule has 4 fully saturated rings. The molecular formula is C29H24Cl2N4O. The van der Waals surface area contributed by atoms with Crippen LogP contribution in [0.2, 0.25) is 10.0 Å². The quantitative estimate of drug-likeness (QED) is 0.319. The van der Waals surface area contributed by atoms with Crippen molar-refractivity contribution in [3.8, 4) is 28.5 Å². The van der Waals surface area contributed by atoms with Crippen LogP contribution in [0.3, 0.4) is 0 Å². The summed E-state index contributed by atoms with van der Waals surface area (Å²) in [4.78, 5) is 18.5. The van der Waals surface area contributed by atoms with E-state index < -0.39 is 0 Å². The lowest BCUT2D eigenvalue weighted by atomic mass is 9.48. The van der Waals surface area contributed by atoms with Crippen molar-refractivity contribution in [1.29, 1.82) is 5.26 Å². The Balaban J connectivity index is 1.50. The Labute approximate surface area is 218 Å². The van der Waals surface area contributed by atoms with Gasteiger partial charge < -0.3 is 0 Å². The lowest BCUT2D eigenvalue weighted by molar-refractivity contribution is -0.00705. The van der Waals surface area contributed by atoms with Crippen LogP contribution in [0.1, 0.15) is 49.8 Å². The average molecular weight is 515 g/mol. The van der Waals surface area contributed by atoms with Gasteiger partial charge in [-0.25, -0.2) is 9.50 Å². The molecular weight excluding hydrogens is 491 g/mol. The zero-order chi connectivity index (χ0) is 24.6. The summed E-state index contributed by atoms with van der Waals surface area (Å²) in [6, 6.07) is 16.4. The minimum absolute atomic E-state index is 0.00178. The average Bonchev–Trinajstić information content (AvgIpc) is 3.24. The van der Waals surface area contributed by atoms with Gasteiger partial charge in [-0.1, -0.05) is 41.4 Å². The molecule has 4 saturated carbocycles. The molecule has 4 bridgehead atoms. The Kier molecular flexibility index (Phi) is 4.90. The second-order valence-corrected chi connectivity index (χ2v) is 11.9. The van der Waals surface area contributed by atoms with Crippen molar-refractivity contribution < 1.29 is 0 Å². The molecule has 5 nitrogen and oxygen atoms in total. The number of H-pyrrole nitrogens is 1. The van der Waals surface area contributed by atoms with E-state index in [9.17, 15) is 4.79 Å². The van der Waals surface area contributed by atoms with E-state index in [1.165, 1.54) is 19.3 Å². The maximum Gasteiger partial charge on any atom is 0.273 e. The lowest BCUT2D eigenvalue weighted by Crippen LogP contribution is -2.49. The van der Waals surface area contributed by atoms with Crippen LogP contribution in [-0.2, 0) is 5.41 Å². The maximum atomic E-state index is 13.4. The molecule has 0 atom stereocenters. The first-order valence-electron chi connectivity index (χ1n) is 12.5. The van der Waals surface area contributed by atoms with E-state index in [1.54, 1.807) is 28.8 Å². The number of nitrogens with one attached hydrogen (secondary N) is 1. The summed E-state index contributed by atoms with van der Waals surface area (Å²) in [6.45, 7) is 0. The van der Waals surface area contributed by atoms with Gasteiger partial charge in [-0.15, -0.1) is 0 Å². The first-order chi connectivity index (χ1) is 17.4. The molecule has 36 heavy (non-hydrogen) atoms. The van der Waals surface area contributed by atoms with Gasteiger partial charge in [0.1, 0.15) is 0 Å². The summed E-state index contributed by atoms with van der Waals surface area (Å²) in [5.41, 5.74) is 5.19. The third-order valence-electron chi connectivity index (χ3n) is 8.69. The topological polar surface area (TPSA) is 73.9 Å². The fourth-order valence-electron chi connectivity index (χ4n) is 7.65. The predicted molar refractivity (Wildman–Crippen MR) is 141 cm³/mol. The molecule has 7 heteroatoms. The molecule has 0 spiro atoms.